The first-order valence-corrected chi connectivity index (χ1v) is 10.7. The SMILES string of the molecule is CCNC(=NCCC1CCN(CC(F)(F)F)CC1)NCCN(C(C)C)C(C)C.I. The molecule has 1 heterocycles. The van der Waals surface area contributed by atoms with Crippen molar-refractivity contribution in [3.05, 3.63) is 0 Å². The summed E-state index contributed by atoms with van der Waals surface area (Å²) in [4.78, 5) is 8.61. The van der Waals surface area contributed by atoms with Gasteiger partial charge in [-0.1, -0.05) is 0 Å². The molecule has 0 aromatic carbocycles. The number of guanidine groups is 1. The van der Waals surface area contributed by atoms with E-state index in [1.165, 1.54) is 4.90 Å². The minimum Gasteiger partial charge on any atom is -0.357 e. The van der Waals surface area contributed by atoms with Gasteiger partial charge in [0.15, 0.2) is 5.96 Å². The lowest BCUT2D eigenvalue weighted by Crippen LogP contribution is -2.45. The van der Waals surface area contributed by atoms with Crippen molar-refractivity contribution < 1.29 is 13.2 Å². The summed E-state index contributed by atoms with van der Waals surface area (Å²) in [5.41, 5.74) is 0. The zero-order valence-corrected chi connectivity index (χ0v) is 21.0. The van der Waals surface area contributed by atoms with Crippen LogP contribution >= 0.6 is 24.0 Å². The Balaban J connectivity index is 0.00000784. The van der Waals surface area contributed by atoms with Crippen molar-refractivity contribution in [2.75, 3.05) is 45.8 Å². The van der Waals surface area contributed by atoms with E-state index >= 15 is 0 Å². The summed E-state index contributed by atoms with van der Waals surface area (Å²) in [5, 5.41) is 6.67. The number of piperidine rings is 1. The van der Waals surface area contributed by atoms with Gasteiger partial charge in [-0.15, -0.1) is 24.0 Å². The summed E-state index contributed by atoms with van der Waals surface area (Å²) in [5.74, 6) is 1.29. The van der Waals surface area contributed by atoms with E-state index < -0.39 is 12.7 Å². The van der Waals surface area contributed by atoms with Gasteiger partial charge >= 0.3 is 6.18 Å². The number of nitrogens with zero attached hydrogens (tertiary/aromatic N) is 3. The molecule has 0 atom stereocenters. The predicted molar refractivity (Wildman–Crippen MR) is 126 cm³/mol. The van der Waals surface area contributed by atoms with Gasteiger partial charge in [0.2, 0.25) is 0 Å². The standard InChI is InChI=1S/C20H40F3N5.HI/c1-6-24-19(26-11-14-28(16(2)3)17(4)5)25-10-7-18-8-12-27(13-9-18)15-20(21,22)23;/h16-18H,6-15H2,1-5H3,(H2,24,25,26);1H. The van der Waals surface area contributed by atoms with Gasteiger partial charge in [-0.2, -0.15) is 13.2 Å². The van der Waals surface area contributed by atoms with Crippen LogP contribution in [0.1, 0.15) is 53.9 Å². The Kier molecular flexibility index (Phi) is 14.5. The average molecular weight is 535 g/mol. The summed E-state index contributed by atoms with van der Waals surface area (Å²) >= 11 is 0. The van der Waals surface area contributed by atoms with Crippen molar-refractivity contribution in [2.45, 2.75) is 72.1 Å². The van der Waals surface area contributed by atoms with E-state index in [1.54, 1.807) is 0 Å². The predicted octanol–water partition coefficient (Wildman–Crippen LogP) is 3.94. The smallest absolute Gasteiger partial charge is 0.357 e. The van der Waals surface area contributed by atoms with Crippen LogP contribution in [0.5, 0.6) is 0 Å². The molecule has 1 rings (SSSR count). The number of nitrogens with one attached hydrogen (secondary N) is 2. The lowest BCUT2D eigenvalue weighted by atomic mass is 9.93. The second-order valence-electron chi connectivity index (χ2n) is 8.24. The topological polar surface area (TPSA) is 42.9 Å². The highest BCUT2D eigenvalue weighted by molar-refractivity contribution is 14.0. The molecule has 0 saturated carbocycles. The number of alkyl halides is 3. The molecule has 1 saturated heterocycles. The molecule has 0 aliphatic carbocycles. The number of hydrogen-bond acceptors (Lipinski definition) is 3. The van der Waals surface area contributed by atoms with Crippen LogP contribution in [-0.4, -0.2) is 79.8 Å². The first-order valence-electron chi connectivity index (χ1n) is 10.7. The fourth-order valence-electron chi connectivity index (χ4n) is 3.80. The lowest BCUT2D eigenvalue weighted by molar-refractivity contribution is -0.148. The highest BCUT2D eigenvalue weighted by atomic mass is 127. The van der Waals surface area contributed by atoms with Gasteiger partial charge in [-0.3, -0.25) is 14.8 Å². The first kappa shape index (κ1) is 28.7. The Bertz CT molecular complexity index is 442. The molecule has 0 unspecified atom stereocenters. The summed E-state index contributed by atoms with van der Waals surface area (Å²) in [7, 11) is 0. The van der Waals surface area contributed by atoms with Crippen LogP contribution in [0.25, 0.3) is 0 Å². The summed E-state index contributed by atoms with van der Waals surface area (Å²) in [6.07, 6.45) is -1.51. The molecule has 1 aliphatic heterocycles. The number of likely N-dealkylation sites (tertiary alicyclic amines) is 1. The van der Waals surface area contributed by atoms with E-state index in [0.717, 1.165) is 44.9 Å². The maximum absolute atomic E-state index is 12.5. The van der Waals surface area contributed by atoms with Crippen LogP contribution in [0.4, 0.5) is 13.2 Å². The Labute approximate surface area is 192 Å². The molecule has 0 amide bonds. The minimum absolute atomic E-state index is 0. The van der Waals surface area contributed by atoms with Gasteiger partial charge in [-0.25, -0.2) is 0 Å². The Morgan fingerprint density at radius 1 is 1.10 bits per heavy atom. The third-order valence-corrected chi connectivity index (χ3v) is 5.25. The van der Waals surface area contributed by atoms with Crippen LogP contribution in [0, 0.1) is 5.92 Å². The van der Waals surface area contributed by atoms with Crippen LogP contribution < -0.4 is 10.6 Å². The van der Waals surface area contributed by atoms with E-state index in [9.17, 15) is 13.2 Å². The molecule has 0 radical (unpaired) electrons. The highest BCUT2D eigenvalue weighted by Crippen LogP contribution is 2.24. The number of rotatable bonds is 10. The Hall–Kier alpha value is -0.290. The zero-order valence-electron chi connectivity index (χ0n) is 18.7. The molecule has 1 aliphatic rings. The summed E-state index contributed by atoms with van der Waals surface area (Å²) in [6, 6.07) is 1.01. The molecular weight excluding hydrogens is 494 g/mol. The zero-order chi connectivity index (χ0) is 21.2. The van der Waals surface area contributed by atoms with Gasteiger partial charge < -0.3 is 10.6 Å². The van der Waals surface area contributed by atoms with Gasteiger partial charge in [-0.05, 0) is 72.9 Å². The van der Waals surface area contributed by atoms with Crippen molar-refractivity contribution in [1.29, 1.82) is 0 Å². The quantitative estimate of drug-likeness (QED) is 0.253. The van der Waals surface area contributed by atoms with Gasteiger partial charge in [0, 0.05) is 38.3 Å². The fourth-order valence-corrected chi connectivity index (χ4v) is 3.80. The fraction of sp³-hybridized carbons (Fsp3) is 0.950. The van der Waals surface area contributed by atoms with Gasteiger partial charge in [0.25, 0.3) is 0 Å². The monoisotopic (exact) mass is 535 g/mol. The van der Waals surface area contributed by atoms with Crippen molar-refractivity contribution in [3.8, 4) is 0 Å². The number of aliphatic imine (C=N–C) groups is 1. The van der Waals surface area contributed by atoms with E-state index in [0.29, 0.717) is 37.6 Å². The molecule has 0 spiro atoms. The highest BCUT2D eigenvalue weighted by Gasteiger charge is 2.32. The van der Waals surface area contributed by atoms with Crippen molar-refractivity contribution >= 4 is 29.9 Å². The minimum atomic E-state index is -4.09. The summed E-state index contributed by atoms with van der Waals surface area (Å²) in [6.45, 7) is 14.5. The normalized spacial score (nSPS) is 17.1. The van der Waals surface area contributed by atoms with E-state index in [-0.39, 0.29) is 24.0 Å². The molecular formula is C20H41F3IN5. The Morgan fingerprint density at radius 3 is 2.17 bits per heavy atom. The van der Waals surface area contributed by atoms with Crippen molar-refractivity contribution in [2.24, 2.45) is 10.9 Å². The second kappa shape index (κ2) is 14.7. The molecule has 5 nitrogen and oxygen atoms in total. The van der Waals surface area contributed by atoms with Gasteiger partial charge in [0.1, 0.15) is 0 Å². The average Bonchev–Trinajstić information content (AvgIpc) is 2.58. The summed E-state index contributed by atoms with van der Waals surface area (Å²) < 4.78 is 37.4. The molecule has 0 aromatic rings. The molecule has 0 bridgehead atoms. The molecule has 9 heteroatoms. The maximum atomic E-state index is 12.5. The molecule has 1 fully saturated rings. The molecule has 2 N–H and O–H groups in total. The van der Waals surface area contributed by atoms with E-state index in [2.05, 4.69) is 48.2 Å². The van der Waals surface area contributed by atoms with Crippen molar-refractivity contribution in [3.63, 3.8) is 0 Å². The third-order valence-electron chi connectivity index (χ3n) is 5.25. The van der Waals surface area contributed by atoms with Crippen molar-refractivity contribution in [1.82, 2.24) is 20.4 Å². The number of hydrogen-bond donors (Lipinski definition) is 2. The Morgan fingerprint density at radius 2 is 1.69 bits per heavy atom. The lowest BCUT2D eigenvalue weighted by Gasteiger charge is -2.32. The second-order valence-corrected chi connectivity index (χ2v) is 8.24. The van der Waals surface area contributed by atoms with Crippen LogP contribution in [-0.2, 0) is 0 Å². The maximum Gasteiger partial charge on any atom is 0.401 e. The number of halogens is 4. The third kappa shape index (κ3) is 12.9. The van der Waals surface area contributed by atoms with Gasteiger partial charge in [0.05, 0.1) is 6.54 Å². The largest absolute Gasteiger partial charge is 0.401 e. The first-order chi connectivity index (χ1) is 13.1. The van der Waals surface area contributed by atoms with E-state index in [1.807, 2.05) is 6.92 Å². The van der Waals surface area contributed by atoms with E-state index in [4.69, 9.17) is 0 Å². The molecule has 174 valence electrons. The van der Waals surface area contributed by atoms with Crippen LogP contribution in [0.15, 0.2) is 4.99 Å². The van der Waals surface area contributed by atoms with Crippen LogP contribution in [0.2, 0.25) is 0 Å². The molecule has 0 aromatic heterocycles. The van der Waals surface area contributed by atoms with Crippen LogP contribution in [0.3, 0.4) is 0 Å². The molecule has 29 heavy (non-hydrogen) atoms.